The van der Waals surface area contributed by atoms with Gasteiger partial charge in [0.2, 0.25) is 0 Å². The Morgan fingerprint density at radius 2 is 1.70 bits per heavy atom. The third kappa shape index (κ3) is 7.08. The highest BCUT2D eigenvalue weighted by atomic mass is 35.5. The summed E-state index contributed by atoms with van der Waals surface area (Å²) in [4.78, 5) is 11.5. The molecular formula is C26H30Cl2N2O3. The van der Waals surface area contributed by atoms with E-state index in [4.69, 9.17) is 28.9 Å². The summed E-state index contributed by atoms with van der Waals surface area (Å²) in [5, 5.41) is 26.0. The summed E-state index contributed by atoms with van der Waals surface area (Å²) in [7, 11) is 0. The number of nitrogens with one attached hydrogen (secondary N) is 1. The van der Waals surface area contributed by atoms with Crippen molar-refractivity contribution in [3.63, 3.8) is 0 Å². The Hall–Kier alpha value is -2.31. The van der Waals surface area contributed by atoms with Crippen molar-refractivity contribution < 1.29 is 15.0 Å². The average molecular weight is 489 g/mol. The monoisotopic (exact) mass is 488 g/mol. The second-order valence-corrected chi connectivity index (χ2v) is 9.15. The van der Waals surface area contributed by atoms with E-state index in [1.165, 1.54) is 0 Å². The number of hydrogen-bond acceptors (Lipinski definition) is 4. The number of carbonyl (C=O) groups is 1. The number of carboxylic acids is 1. The van der Waals surface area contributed by atoms with Crippen molar-refractivity contribution in [2.24, 2.45) is 0 Å². The first-order valence-electron chi connectivity index (χ1n) is 11.2. The number of nitrogens with two attached hydrogens (primary N) is 1. The van der Waals surface area contributed by atoms with Crippen LogP contribution in [0.5, 0.6) is 0 Å². The van der Waals surface area contributed by atoms with Crippen LogP contribution in [-0.2, 0) is 4.79 Å². The lowest BCUT2D eigenvalue weighted by molar-refractivity contribution is -0.137. The van der Waals surface area contributed by atoms with Gasteiger partial charge < -0.3 is 21.3 Å². The fourth-order valence-corrected chi connectivity index (χ4v) is 4.66. The summed E-state index contributed by atoms with van der Waals surface area (Å²) in [6, 6.07) is 17.5. The maximum atomic E-state index is 11.5. The summed E-state index contributed by atoms with van der Waals surface area (Å²) in [5.74, 6) is -0.783. The zero-order valence-corrected chi connectivity index (χ0v) is 19.9. The first-order valence-corrected chi connectivity index (χ1v) is 11.9. The number of carboxylic acid groups (broad SMARTS) is 1. The molecular weight excluding hydrogens is 459 g/mol. The van der Waals surface area contributed by atoms with Crippen molar-refractivity contribution in [1.82, 2.24) is 5.32 Å². The lowest BCUT2D eigenvalue weighted by Crippen LogP contribution is -2.22. The largest absolute Gasteiger partial charge is 0.481 e. The van der Waals surface area contributed by atoms with Crippen LogP contribution < -0.4 is 11.1 Å². The second-order valence-electron chi connectivity index (χ2n) is 8.33. The fraction of sp³-hybridized carbons (Fsp3) is 0.346. The van der Waals surface area contributed by atoms with Gasteiger partial charge in [0.15, 0.2) is 0 Å². The van der Waals surface area contributed by atoms with Gasteiger partial charge in [-0.05, 0) is 59.3 Å². The molecule has 0 heterocycles. The van der Waals surface area contributed by atoms with Crippen molar-refractivity contribution in [2.75, 3.05) is 18.8 Å². The second kappa shape index (κ2) is 12.2. The van der Waals surface area contributed by atoms with Crippen LogP contribution in [0.2, 0.25) is 10.0 Å². The summed E-state index contributed by atoms with van der Waals surface area (Å²) in [6.45, 7) is 1.14. The highest BCUT2D eigenvalue weighted by Crippen LogP contribution is 2.32. The Balaban J connectivity index is 1.45. The molecule has 3 aromatic carbocycles. The maximum Gasteiger partial charge on any atom is 0.303 e. The molecule has 0 saturated carbocycles. The van der Waals surface area contributed by atoms with Crippen molar-refractivity contribution in [3.05, 3.63) is 75.8 Å². The van der Waals surface area contributed by atoms with E-state index in [0.717, 1.165) is 48.6 Å². The summed E-state index contributed by atoms with van der Waals surface area (Å²) in [6.07, 6.45) is 3.08. The Morgan fingerprint density at radius 1 is 1.00 bits per heavy atom. The fourth-order valence-electron chi connectivity index (χ4n) is 4.16. The molecule has 0 aliphatic rings. The molecule has 0 fully saturated rings. The predicted molar refractivity (Wildman–Crippen MR) is 136 cm³/mol. The van der Waals surface area contributed by atoms with Gasteiger partial charge in [0.25, 0.3) is 0 Å². The summed E-state index contributed by atoms with van der Waals surface area (Å²) >= 11 is 12.1. The molecule has 0 spiro atoms. The van der Waals surface area contributed by atoms with Crippen molar-refractivity contribution in [3.8, 4) is 0 Å². The molecule has 0 aromatic heterocycles. The van der Waals surface area contributed by atoms with E-state index in [0.29, 0.717) is 27.8 Å². The van der Waals surface area contributed by atoms with E-state index in [-0.39, 0.29) is 12.3 Å². The third-order valence-corrected chi connectivity index (χ3v) is 6.54. The molecule has 0 saturated heterocycles. The predicted octanol–water partition coefficient (Wildman–Crippen LogP) is 6.17. The molecule has 3 rings (SSSR count). The minimum Gasteiger partial charge on any atom is -0.481 e. The summed E-state index contributed by atoms with van der Waals surface area (Å²) in [5.41, 5.74) is 7.78. The number of nitrogen functional groups attached to an aromatic ring is 1. The Morgan fingerprint density at radius 3 is 2.42 bits per heavy atom. The number of unbranched alkanes of at least 4 members (excludes halogenated alkanes) is 2. The number of aliphatic hydroxyl groups is 1. The molecule has 0 aliphatic heterocycles. The molecule has 0 bridgehead atoms. The smallest absolute Gasteiger partial charge is 0.303 e. The van der Waals surface area contributed by atoms with E-state index in [1.807, 2.05) is 18.2 Å². The standard InChI is InChI=1S/C26H30Cl2N2O3/c27-22-13-19(14-23(28)26(22)29)24(31)16-30-12-5-1-2-8-18(15-25(32)33)21-11-6-9-17-7-3-4-10-20(17)21/h3-4,6-7,9-11,13-14,18,24,30-31H,1-2,5,8,12,15-16,29H2,(H,32,33). The molecule has 3 aromatic rings. The Bertz CT molecular complexity index is 1060. The lowest BCUT2D eigenvalue weighted by Gasteiger charge is -2.18. The minimum absolute atomic E-state index is 0.0107. The van der Waals surface area contributed by atoms with Crippen LogP contribution in [-0.4, -0.2) is 29.3 Å². The van der Waals surface area contributed by atoms with Crippen LogP contribution in [0.4, 0.5) is 5.69 Å². The molecule has 5 nitrogen and oxygen atoms in total. The number of aliphatic carboxylic acids is 1. The van der Waals surface area contributed by atoms with Gasteiger partial charge >= 0.3 is 5.97 Å². The van der Waals surface area contributed by atoms with Crippen LogP contribution in [0.1, 0.15) is 55.3 Å². The molecule has 2 atom stereocenters. The van der Waals surface area contributed by atoms with E-state index < -0.39 is 12.1 Å². The molecule has 0 amide bonds. The average Bonchev–Trinajstić information content (AvgIpc) is 2.80. The highest BCUT2D eigenvalue weighted by Gasteiger charge is 2.17. The van der Waals surface area contributed by atoms with Crippen LogP contribution in [0, 0.1) is 0 Å². The van der Waals surface area contributed by atoms with Crippen LogP contribution in [0.3, 0.4) is 0 Å². The van der Waals surface area contributed by atoms with E-state index >= 15 is 0 Å². The number of fused-ring (bicyclic) bond motifs is 1. The third-order valence-electron chi connectivity index (χ3n) is 5.91. The van der Waals surface area contributed by atoms with E-state index in [9.17, 15) is 15.0 Å². The van der Waals surface area contributed by atoms with Gasteiger partial charge in [-0.2, -0.15) is 0 Å². The maximum absolute atomic E-state index is 11.5. The first kappa shape index (κ1) is 25.3. The number of rotatable bonds is 12. The molecule has 2 unspecified atom stereocenters. The number of hydrogen-bond donors (Lipinski definition) is 4. The molecule has 0 radical (unpaired) electrons. The van der Waals surface area contributed by atoms with Gasteiger partial charge in [-0.3, -0.25) is 4.79 Å². The van der Waals surface area contributed by atoms with E-state index in [2.05, 4.69) is 29.6 Å². The highest BCUT2D eigenvalue weighted by molar-refractivity contribution is 6.38. The van der Waals surface area contributed by atoms with Crippen LogP contribution in [0.25, 0.3) is 10.8 Å². The molecule has 0 aliphatic carbocycles. The van der Waals surface area contributed by atoms with Gasteiger partial charge in [-0.1, -0.05) is 78.5 Å². The quantitative estimate of drug-likeness (QED) is 0.180. The van der Waals surface area contributed by atoms with Gasteiger partial charge in [0.1, 0.15) is 0 Å². The van der Waals surface area contributed by atoms with Gasteiger partial charge in [0.05, 0.1) is 28.3 Å². The van der Waals surface area contributed by atoms with Crippen molar-refractivity contribution in [2.45, 2.75) is 44.1 Å². The number of halogens is 2. The number of benzene rings is 3. The van der Waals surface area contributed by atoms with Gasteiger partial charge in [0, 0.05) is 6.54 Å². The molecule has 7 heteroatoms. The van der Waals surface area contributed by atoms with Gasteiger partial charge in [-0.15, -0.1) is 0 Å². The van der Waals surface area contributed by atoms with Crippen molar-refractivity contribution >= 4 is 45.6 Å². The minimum atomic E-state index is -0.772. The van der Waals surface area contributed by atoms with Gasteiger partial charge in [-0.25, -0.2) is 0 Å². The first-order chi connectivity index (χ1) is 15.9. The number of anilines is 1. The topological polar surface area (TPSA) is 95.6 Å². The Labute approximate surface area is 204 Å². The van der Waals surface area contributed by atoms with Crippen molar-refractivity contribution in [1.29, 1.82) is 0 Å². The molecule has 176 valence electrons. The van der Waals surface area contributed by atoms with Crippen LogP contribution >= 0.6 is 23.2 Å². The SMILES string of the molecule is Nc1c(Cl)cc(C(O)CNCCCCCC(CC(=O)O)c2cccc3ccccc23)cc1Cl. The zero-order valence-electron chi connectivity index (χ0n) is 18.4. The Kier molecular flexibility index (Phi) is 9.39. The summed E-state index contributed by atoms with van der Waals surface area (Å²) < 4.78 is 0. The molecule has 5 N–H and O–H groups in total. The lowest BCUT2D eigenvalue weighted by atomic mass is 9.87. The molecule has 33 heavy (non-hydrogen) atoms. The zero-order chi connectivity index (χ0) is 23.8. The van der Waals surface area contributed by atoms with E-state index in [1.54, 1.807) is 12.1 Å². The number of aliphatic hydroxyl groups excluding tert-OH is 1. The normalized spacial score (nSPS) is 13.2. The van der Waals surface area contributed by atoms with Crippen LogP contribution in [0.15, 0.2) is 54.6 Å².